The lowest BCUT2D eigenvalue weighted by Gasteiger charge is -2.37. The van der Waals surface area contributed by atoms with Gasteiger partial charge in [-0.2, -0.15) is 0 Å². The number of ether oxygens (including phenoxy) is 2. The number of benzene rings is 1. The standard InChI is InChI=1S/C18H24O6S/c1-10-5-7-11(8-6-10)25(22)18(16(21)24-17(2,3)4)9-12-13(19)14(20)15(18)23-12/h5-8,12-15,19-20H,9H2,1-4H3/t12-,13+,14-,15-,18+,25?/m1/s1. The third kappa shape index (κ3) is 3.03. The zero-order valence-corrected chi connectivity index (χ0v) is 15.6. The Labute approximate surface area is 149 Å². The first-order valence-corrected chi connectivity index (χ1v) is 9.45. The van der Waals surface area contributed by atoms with Crippen molar-refractivity contribution < 1.29 is 28.7 Å². The predicted octanol–water partition coefficient (Wildman–Crippen LogP) is 1.08. The number of hydrogen-bond acceptors (Lipinski definition) is 6. The lowest BCUT2D eigenvalue weighted by Crippen LogP contribution is -2.60. The van der Waals surface area contributed by atoms with Crippen molar-refractivity contribution in [1.29, 1.82) is 0 Å². The molecule has 0 saturated carbocycles. The Morgan fingerprint density at radius 3 is 2.32 bits per heavy atom. The molecule has 138 valence electrons. The van der Waals surface area contributed by atoms with Crippen molar-refractivity contribution in [2.45, 2.75) is 73.8 Å². The summed E-state index contributed by atoms with van der Waals surface area (Å²) in [6, 6.07) is 7.03. The molecule has 2 aliphatic heterocycles. The van der Waals surface area contributed by atoms with Crippen LogP contribution < -0.4 is 0 Å². The van der Waals surface area contributed by atoms with Gasteiger partial charge in [-0.05, 0) is 39.8 Å². The van der Waals surface area contributed by atoms with E-state index in [4.69, 9.17) is 9.47 Å². The summed E-state index contributed by atoms with van der Waals surface area (Å²) in [6.45, 7) is 7.10. The lowest BCUT2D eigenvalue weighted by atomic mass is 9.84. The van der Waals surface area contributed by atoms with Crippen LogP contribution in [0.2, 0.25) is 0 Å². The molecular weight excluding hydrogens is 344 g/mol. The van der Waals surface area contributed by atoms with Gasteiger partial charge in [-0.25, -0.2) is 0 Å². The minimum Gasteiger partial charge on any atom is -0.459 e. The molecule has 3 rings (SSSR count). The predicted molar refractivity (Wildman–Crippen MR) is 91.5 cm³/mol. The topological polar surface area (TPSA) is 93.1 Å². The summed E-state index contributed by atoms with van der Waals surface area (Å²) in [5.74, 6) is -0.669. The van der Waals surface area contributed by atoms with E-state index in [-0.39, 0.29) is 6.42 Å². The second-order valence-corrected chi connectivity index (χ2v) is 9.49. The molecule has 0 aromatic heterocycles. The van der Waals surface area contributed by atoms with Gasteiger partial charge in [-0.15, -0.1) is 0 Å². The third-order valence-electron chi connectivity index (χ3n) is 4.64. The Hall–Kier alpha value is -1.28. The van der Waals surface area contributed by atoms with E-state index in [9.17, 15) is 19.2 Å². The number of aryl methyl sites for hydroxylation is 1. The largest absolute Gasteiger partial charge is 0.459 e. The van der Waals surface area contributed by atoms with Crippen LogP contribution in [0.1, 0.15) is 32.8 Å². The average molecular weight is 368 g/mol. The summed E-state index contributed by atoms with van der Waals surface area (Å²) in [5.41, 5.74) is 0.235. The summed E-state index contributed by atoms with van der Waals surface area (Å²) in [4.78, 5) is 13.5. The van der Waals surface area contributed by atoms with Crippen molar-refractivity contribution in [3.8, 4) is 0 Å². The maximum atomic E-state index is 13.4. The Kier molecular flexibility index (Phi) is 4.56. The summed E-state index contributed by atoms with van der Waals surface area (Å²) in [5, 5.41) is 20.3. The molecule has 0 amide bonds. The zero-order chi connectivity index (χ0) is 18.6. The van der Waals surface area contributed by atoms with Crippen LogP contribution in [-0.2, 0) is 25.1 Å². The maximum absolute atomic E-state index is 13.4. The quantitative estimate of drug-likeness (QED) is 0.776. The Morgan fingerprint density at radius 1 is 1.24 bits per heavy atom. The van der Waals surface area contributed by atoms with E-state index in [1.54, 1.807) is 32.9 Å². The molecule has 2 heterocycles. The first kappa shape index (κ1) is 18.5. The van der Waals surface area contributed by atoms with Gasteiger partial charge in [0.1, 0.15) is 23.9 Å². The molecule has 0 spiro atoms. The molecule has 2 fully saturated rings. The van der Waals surface area contributed by atoms with E-state index in [1.807, 2.05) is 19.1 Å². The van der Waals surface area contributed by atoms with E-state index in [0.29, 0.717) is 4.90 Å². The van der Waals surface area contributed by atoms with Crippen LogP contribution in [0.25, 0.3) is 0 Å². The van der Waals surface area contributed by atoms with Gasteiger partial charge < -0.3 is 19.7 Å². The van der Waals surface area contributed by atoms with Crippen LogP contribution in [0.5, 0.6) is 0 Å². The minimum absolute atomic E-state index is 0.0469. The number of esters is 1. The number of hydrogen-bond donors (Lipinski definition) is 2. The van der Waals surface area contributed by atoms with Crippen molar-refractivity contribution in [2.24, 2.45) is 0 Å². The maximum Gasteiger partial charge on any atom is 0.328 e. The molecule has 2 saturated heterocycles. The van der Waals surface area contributed by atoms with Crippen LogP contribution in [0.3, 0.4) is 0 Å². The molecule has 0 radical (unpaired) electrons. The second-order valence-electron chi connectivity index (χ2n) is 7.75. The highest BCUT2D eigenvalue weighted by molar-refractivity contribution is 7.87. The van der Waals surface area contributed by atoms with Crippen molar-refractivity contribution in [3.63, 3.8) is 0 Å². The number of carbonyl (C=O) groups is 1. The number of aliphatic hydroxyl groups excluding tert-OH is 2. The molecule has 1 unspecified atom stereocenters. The van der Waals surface area contributed by atoms with Crippen molar-refractivity contribution >= 4 is 16.8 Å². The van der Waals surface area contributed by atoms with E-state index in [0.717, 1.165) is 5.56 Å². The van der Waals surface area contributed by atoms with Crippen LogP contribution in [0, 0.1) is 6.92 Å². The second kappa shape index (κ2) is 6.16. The fourth-order valence-electron chi connectivity index (χ4n) is 3.41. The van der Waals surface area contributed by atoms with E-state index < -0.39 is 51.5 Å². The molecular formula is C18H24O6S. The van der Waals surface area contributed by atoms with Gasteiger partial charge in [0.2, 0.25) is 0 Å². The van der Waals surface area contributed by atoms with Gasteiger partial charge in [0.15, 0.2) is 4.75 Å². The van der Waals surface area contributed by atoms with E-state index in [2.05, 4.69) is 0 Å². The van der Waals surface area contributed by atoms with Crippen LogP contribution in [-0.4, -0.2) is 55.2 Å². The molecule has 25 heavy (non-hydrogen) atoms. The summed E-state index contributed by atoms with van der Waals surface area (Å²) in [7, 11) is -1.80. The number of fused-ring (bicyclic) bond motifs is 2. The number of carbonyl (C=O) groups excluding carboxylic acids is 1. The molecule has 2 aliphatic rings. The van der Waals surface area contributed by atoms with E-state index >= 15 is 0 Å². The van der Waals surface area contributed by atoms with Gasteiger partial charge >= 0.3 is 5.97 Å². The highest BCUT2D eigenvalue weighted by Crippen LogP contribution is 2.48. The normalized spacial score (nSPS) is 35.6. The molecule has 6 nitrogen and oxygen atoms in total. The fourth-order valence-corrected chi connectivity index (χ4v) is 5.13. The third-order valence-corrected chi connectivity index (χ3v) is 6.56. The average Bonchev–Trinajstić information content (AvgIpc) is 3.04. The van der Waals surface area contributed by atoms with Gasteiger partial charge in [0, 0.05) is 11.3 Å². The van der Waals surface area contributed by atoms with Crippen molar-refractivity contribution in [3.05, 3.63) is 29.8 Å². The first-order chi connectivity index (χ1) is 11.6. The molecule has 2 bridgehead atoms. The summed E-state index contributed by atoms with van der Waals surface area (Å²) < 4.78 is 23.0. The van der Waals surface area contributed by atoms with Crippen LogP contribution in [0.15, 0.2) is 29.2 Å². The molecule has 6 atom stereocenters. The van der Waals surface area contributed by atoms with Gasteiger partial charge in [0.25, 0.3) is 0 Å². The highest BCUT2D eigenvalue weighted by atomic mass is 32.2. The van der Waals surface area contributed by atoms with Crippen LogP contribution in [0.4, 0.5) is 0 Å². The van der Waals surface area contributed by atoms with Crippen molar-refractivity contribution in [1.82, 2.24) is 0 Å². The monoisotopic (exact) mass is 368 g/mol. The Morgan fingerprint density at radius 2 is 1.84 bits per heavy atom. The highest BCUT2D eigenvalue weighted by Gasteiger charge is 2.69. The summed E-state index contributed by atoms with van der Waals surface area (Å²) >= 11 is 0. The SMILES string of the molecule is Cc1ccc(S(=O)[C@@]2(C(=O)OC(C)(C)C)C[C@H]3O[C@@H]2[C@H](O)[C@H]3O)cc1. The minimum atomic E-state index is -1.80. The van der Waals surface area contributed by atoms with Crippen molar-refractivity contribution in [2.75, 3.05) is 0 Å². The van der Waals surface area contributed by atoms with Crippen LogP contribution >= 0.6 is 0 Å². The van der Waals surface area contributed by atoms with Gasteiger partial charge in [-0.3, -0.25) is 9.00 Å². The molecule has 1 aromatic rings. The van der Waals surface area contributed by atoms with Gasteiger partial charge in [0.05, 0.1) is 16.9 Å². The lowest BCUT2D eigenvalue weighted by molar-refractivity contribution is -0.161. The number of rotatable bonds is 3. The van der Waals surface area contributed by atoms with Gasteiger partial charge in [-0.1, -0.05) is 17.7 Å². The summed E-state index contributed by atoms with van der Waals surface area (Å²) in [6.07, 6.45) is -4.12. The number of aliphatic hydroxyl groups is 2. The zero-order valence-electron chi connectivity index (χ0n) is 14.8. The fraction of sp³-hybridized carbons (Fsp3) is 0.611. The Bertz CT molecular complexity index is 693. The first-order valence-electron chi connectivity index (χ1n) is 8.30. The molecule has 2 N–H and O–H groups in total. The Balaban J connectivity index is 2.03. The molecule has 1 aromatic carbocycles. The molecule has 7 heteroatoms. The van der Waals surface area contributed by atoms with E-state index in [1.165, 1.54) is 0 Å². The smallest absolute Gasteiger partial charge is 0.328 e. The molecule has 0 aliphatic carbocycles.